The van der Waals surface area contributed by atoms with Gasteiger partial charge in [-0.1, -0.05) is 19.3 Å². The number of furan rings is 1. The number of nitrogens with one attached hydrogen (secondary N) is 1. The molecule has 1 N–H and O–H groups in total. The van der Waals surface area contributed by atoms with Crippen molar-refractivity contribution in [3.63, 3.8) is 0 Å². The van der Waals surface area contributed by atoms with Crippen molar-refractivity contribution < 1.29 is 9.15 Å². The zero-order chi connectivity index (χ0) is 25.9. The molecule has 1 saturated heterocycles. The summed E-state index contributed by atoms with van der Waals surface area (Å²) in [5, 5.41) is 13.7. The minimum atomic E-state index is -0.391. The molecule has 38 heavy (non-hydrogen) atoms. The lowest BCUT2D eigenvalue weighted by Gasteiger charge is -2.42. The van der Waals surface area contributed by atoms with Crippen molar-refractivity contribution in [2.75, 3.05) is 32.8 Å². The molecule has 200 valence electrons. The summed E-state index contributed by atoms with van der Waals surface area (Å²) in [5.41, 5.74) is 1.28. The highest BCUT2D eigenvalue weighted by Crippen LogP contribution is 2.31. The molecule has 6 rings (SSSR count). The number of pyridine rings is 1. The predicted molar refractivity (Wildman–Crippen MR) is 143 cm³/mol. The molecule has 1 aliphatic carbocycles. The molecule has 1 saturated carbocycles. The third-order valence-electron chi connectivity index (χ3n) is 7.94. The fourth-order valence-electron chi connectivity index (χ4n) is 6.04. The Morgan fingerprint density at radius 3 is 2.71 bits per heavy atom. The third-order valence-corrected chi connectivity index (χ3v) is 7.94. The Hall–Kier alpha value is -3.50. The quantitative estimate of drug-likeness (QED) is 0.378. The lowest BCUT2D eigenvalue weighted by atomic mass is 9.93. The van der Waals surface area contributed by atoms with Crippen LogP contribution in [-0.2, 0) is 6.54 Å². The van der Waals surface area contributed by atoms with E-state index in [4.69, 9.17) is 9.15 Å². The highest BCUT2D eigenvalue weighted by atomic mass is 16.5. The number of tetrazole rings is 1. The Balaban J connectivity index is 1.36. The summed E-state index contributed by atoms with van der Waals surface area (Å²) in [4.78, 5) is 21.6. The number of hydrogen-bond donors (Lipinski definition) is 1. The van der Waals surface area contributed by atoms with Gasteiger partial charge in [0.25, 0.3) is 5.56 Å². The second-order valence-corrected chi connectivity index (χ2v) is 10.3. The molecule has 1 aliphatic heterocycles. The van der Waals surface area contributed by atoms with Crippen molar-refractivity contribution in [2.45, 2.75) is 57.7 Å². The molecule has 0 radical (unpaired) electrons. The van der Waals surface area contributed by atoms with Gasteiger partial charge < -0.3 is 14.1 Å². The minimum Gasteiger partial charge on any atom is -0.494 e. The van der Waals surface area contributed by atoms with Crippen LogP contribution in [0.25, 0.3) is 10.9 Å². The fraction of sp³-hybridized carbons (Fsp3) is 0.500. The molecular weight excluding hydrogens is 482 g/mol. The predicted octanol–water partition coefficient (Wildman–Crippen LogP) is 3.59. The van der Waals surface area contributed by atoms with E-state index in [-0.39, 0.29) is 5.56 Å². The first-order valence-electron chi connectivity index (χ1n) is 13.8. The summed E-state index contributed by atoms with van der Waals surface area (Å²) < 4.78 is 13.0. The molecule has 3 aromatic heterocycles. The van der Waals surface area contributed by atoms with E-state index < -0.39 is 6.04 Å². The summed E-state index contributed by atoms with van der Waals surface area (Å²) >= 11 is 0. The minimum absolute atomic E-state index is 0.131. The molecule has 2 fully saturated rings. The lowest BCUT2D eigenvalue weighted by Crippen LogP contribution is -2.52. The Morgan fingerprint density at radius 1 is 1.11 bits per heavy atom. The molecule has 0 bridgehead atoms. The van der Waals surface area contributed by atoms with E-state index >= 15 is 0 Å². The van der Waals surface area contributed by atoms with Crippen LogP contribution in [0.15, 0.2) is 51.9 Å². The van der Waals surface area contributed by atoms with Crippen LogP contribution in [0.1, 0.15) is 62.2 Å². The van der Waals surface area contributed by atoms with Gasteiger partial charge >= 0.3 is 0 Å². The van der Waals surface area contributed by atoms with E-state index in [0.717, 1.165) is 48.6 Å². The number of hydrogen-bond acceptors (Lipinski definition) is 8. The zero-order valence-electron chi connectivity index (χ0n) is 21.9. The Bertz CT molecular complexity index is 1400. The molecule has 0 amide bonds. The van der Waals surface area contributed by atoms with E-state index in [1.54, 1.807) is 10.9 Å². The van der Waals surface area contributed by atoms with Crippen molar-refractivity contribution in [3.05, 3.63) is 70.2 Å². The van der Waals surface area contributed by atoms with E-state index in [0.29, 0.717) is 30.6 Å². The van der Waals surface area contributed by atoms with Crippen molar-refractivity contribution in [1.29, 1.82) is 0 Å². The number of fused-ring (bicyclic) bond motifs is 1. The van der Waals surface area contributed by atoms with Crippen LogP contribution in [0, 0.1) is 0 Å². The largest absolute Gasteiger partial charge is 0.494 e. The third kappa shape index (κ3) is 5.10. The molecule has 1 aromatic carbocycles. The first kappa shape index (κ1) is 24.8. The van der Waals surface area contributed by atoms with Gasteiger partial charge in [0, 0.05) is 48.7 Å². The number of nitrogens with zero attached hydrogens (tertiary/aromatic N) is 6. The number of benzene rings is 1. The number of aromatic amines is 1. The number of piperazine rings is 1. The Kier molecular flexibility index (Phi) is 7.24. The van der Waals surface area contributed by atoms with Gasteiger partial charge in [-0.05, 0) is 66.6 Å². The summed E-state index contributed by atoms with van der Waals surface area (Å²) in [7, 11) is 0. The molecule has 0 unspecified atom stereocenters. The number of rotatable bonds is 8. The monoisotopic (exact) mass is 517 g/mol. The molecule has 2 aliphatic rings. The number of ether oxygens (including phenoxy) is 1. The maximum Gasteiger partial charge on any atom is 0.253 e. The van der Waals surface area contributed by atoms with E-state index in [2.05, 4.69) is 30.3 Å². The van der Waals surface area contributed by atoms with Crippen molar-refractivity contribution in [3.8, 4) is 5.75 Å². The van der Waals surface area contributed by atoms with Gasteiger partial charge in [-0.15, -0.1) is 5.10 Å². The SMILES string of the molecule is CCOc1ccc2[nH]c(=O)c([C@H](c3nnnn3Cc3ccco3)N3CCN(C4CCCCC4)CC3)cc2c1. The summed E-state index contributed by atoms with van der Waals surface area (Å²) in [6.45, 7) is 6.56. The zero-order valence-corrected chi connectivity index (χ0v) is 21.9. The maximum absolute atomic E-state index is 13.5. The van der Waals surface area contributed by atoms with Crippen LogP contribution < -0.4 is 10.3 Å². The second-order valence-electron chi connectivity index (χ2n) is 10.3. The summed E-state index contributed by atoms with van der Waals surface area (Å²) in [6, 6.07) is 11.8. The Labute approximate surface area is 221 Å². The van der Waals surface area contributed by atoms with Crippen LogP contribution in [0.5, 0.6) is 5.75 Å². The summed E-state index contributed by atoms with van der Waals surface area (Å²) in [6.07, 6.45) is 8.23. The van der Waals surface area contributed by atoms with Crippen molar-refractivity contribution in [2.24, 2.45) is 0 Å². The first-order valence-corrected chi connectivity index (χ1v) is 13.8. The molecule has 1 atom stereocenters. The van der Waals surface area contributed by atoms with Crippen LogP contribution in [0.2, 0.25) is 0 Å². The molecule has 10 nitrogen and oxygen atoms in total. The van der Waals surface area contributed by atoms with Gasteiger partial charge in [-0.2, -0.15) is 0 Å². The van der Waals surface area contributed by atoms with Crippen LogP contribution in [-0.4, -0.2) is 73.8 Å². The molecule has 10 heteroatoms. The van der Waals surface area contributed by atoms with E-state index in [1.165, 1.54) is 32.1 Å². The van der Waals surface area contributed by atoms with Gasteiger partial charge in [0.2, 0.25) is 0 Å². The van der Waals surface area contributed by atoms with Crippen LogP contribution in [0.4, 0.5) is 0 Å². The smallest absolute Gasteiger partial charge is 0.253 e. The van der Waals surface area contributed by atoms with Crippen molar-refractivity contribution >= 4 is 10.9 Å². The highest BCUT2D eigenvalue weighted by molar-refractivity contribution is 5.80. The first-order chi connectivity index (χ1) is 18.7. The molecule has 4 heterocycles. The van der Waals surface area contributed by atoms with Crippen LogP contribution in [0.3, 0.4) is 0 Å². The average molecular weight is 518 g/mol. The molecular formula is C28H35N7O3. The standard InChI is InChI=1S/C28H35N7O3/c1-2-37-22-10-11-25-20(17-22)18-24(28(36)29-25)26(27-30-31-32-35(27)19-23-9-6-16-38-23)34-14-12-33(13-15-34)21-7-4-3-5-8-21/h6,9-11,16-18,21,26H,2-5,7-8,12-15,19H2,1H3,(H,29,36)/t26-/m1/s1. The topological polar surface area (TPSA) is 105 Å². The highest BCUT2D eigenvalue weighted by Gasteiger charge is 2.34. The van der Waals surface area contributed by atoms with Gasteiger partial charge in [0.05, 0.1) is 12.9 Å². The van der Waals surface area contributed by atoms with Gasteiger partial charge in [0.1, 0.15) is 24.1 Å². The molecule has 4 aromatic rings. The maximum atomic E-state index is 13.5. The van der Waals surface area contributed by atoms with Crippen LogP contribution >= 0.6 is 0 Å². The fourth-order valence-corrected chi connectivity index (χ4v) is 6.04. The summed E-state index contributed by atoms with van der Waals surface area (Å²) in [5.74, 6) is 2.17. The van der Waals surface area contributed by atoms with Gasteiger partial charge in [-0.3, -0.25) is 14.6 Å². The van der Waals surface area contributed by atoms with E-state index in [1.807, 2.05) is 43.3 Å². The Morgan fingerprint density at radius 2 is 1.95 bits per heavy atom. The molecule has 0 spiro atoms. The van der Waals surface area contributed by atoms with E-state index in [9.17, 15) is 4.79 Å². The second kappa shape index (κ2) is 11.1. The average Bonchev–Trinajstić information content (AvgIpc) is 3.63. The lowest BCUT2D eigenvalue weighted by molar-refractivity contribution is 0.0617. The number of H-pyrrole nitrogens is 1. The normalized spacial score (nSPS) is 18.7. The van der Waals surface area contributed by atoms with Crippen molar-refractivity contribution in [1.82, 2.24) is 35.0 Å². The van der Waals surface area contributed by atoms with Gasteiger partial charge in [-0.25, -0.2) is 4.68 Å². The number of aromatic nitrogens is 5. The van der Waals surface area contributed by atoms with Gasteiger partial charge in [0.15, 0.2) is 5.82 Å².